The van der Waals surface area contributed by atoms with E-state index in [4.69, 9.17) is 4.74 Å². The summed E-state index contributed by atoms with van der Waals surface area (Å²) < 4.78 is 32.0. The number of carboxylic acid groups (broad SMARTS) is 1. The number of aliphatic carboxylic acids is 1. The molecule has 0 spiro atoms. The van der Waals surface area contributed by atoms with E-state index in [0.29, 0.717) is 37.8 Å². The number of hydrogen-bond donors (Lipinski definition) is 1. The molecule has 0 amide bonds. The predicted molar refractivity (Wildman–Crippen MR) is 120 cm³/mol. The Labute approximate surface area is 184 Å². The van der Waals surface area contributed by atoms with Crippen molar-refractivity contribution >= 4 is 15.8 Å². The van der Waals surface area contributed by atoms with Crippen molar-refractivity contribution in [1.82, 2.24) is 4.90 Å². The third kappa shape index (κ3) is 6.08. The third-order valence-electron chi connectivity index (χ3n) is 5.73. The average Bonchev–Trinajstić information content (AvgIpc) is 2.74. The molecule has 7 heteroatoms. The molecule has 1 aliphatic rings. The molecule has 2 aromatic carbocycles. The minimum Gasteiger partial charge on any atom is -0.494 e. The second-order valence-corrected chi connectivity index (χ2v) is 10.7. The van der Waals surface area contributed by atoms with E-state index in [-0.39, 0.29) is 11.3 Å². The number of carboxylic acids is 1. The summed E-state index contributed by atoms with van der Waals surface area (Å²) in [5.74, 6) is 0.194. The molecule has 1 saturated heterocycles. The lowest BCUT2D eigenvalue weighted by molar-refractivity contribution is -0.144. The number of hydrogen-bond acceptors (Lipinski definition) is 5. The van der Waals surface area contributed by atoms with Crippen LogP contribution in [0.5, 0.6) is 5.75 Å². The molecular weight excluding hydrogens is 414 g/mol. The van der Waals surface area contributed by atoms with Crippen molar-refractivity contribution in [1.29, 1.82) is 0 Å². The summed E-state index contributed by atoms with van der Waals surface area (Å²) in [6, 6.07) is 15.3. The van der Waals surface area contributed by atoms with Gasteiger partial charge in [0, 0.05) is 13.1 Å². The van der Waals surface area contributed by atoms with Crippen LogP contribution in [0.15, 0.2) is 59.5 Å². The Kier molecular flexibility index (Phi) is 7.73. The standard InChI is InChI=1S/C24H31NO5S/c1-18(2)13-15-30-20-8-10-21(11-9-20)31(28,29)22-12-14-25(23(16-22)24(26)27)17-19-6-4-3-5-7-19/h3-11,18,22-23H,12-17H2,1-2H3,(H,26,27). The van der Waals surface area contributed by atoms with Crippen molar-refractivity contribution in [3.63, 3.8) is 0 Å². The highest BCUT2D eigenvalue weighted by Crippen LogP contribution is 2.30. The molecule has 31 heavy (non-hydrogen) atoms. The SMILES string of the molecule is CC(C)CCOc1ccc(S(=O)(=O)C2CCN(Cc3ccccc3)C(C(=O)O)C2)cc1. The molecule has 3 rings (SSSR count). The second-order valence-electron chi connectivity index (χ2n) is 8.50. The molecule has 2 atom stereocenters. The van der Waals surface area contributed by atoms with E-state index in [2.05, 4.69) is 13.8 Å². The van der Waals surface area contributed by atoms with E-state index in [9.17, 15) is 18.3 Å². The van der Waals surface area contributed by atoms with Crippen LogP contribution in [0.1, 0.15) is 38.7 Å². The van der Waals surface area contributed by atoms with Crippen LogP contribution in [-0.4, -0.2) is 48.8 Å². The van der Waals surface area contributed by atoms with Gasteiger partial charge in [-0.3, -0.25) is 9.69 Å². The van der Waals surface area contributed by atoms with Crippen LogP contribution in [0, 0.1) is 5.92 Å². The Hall–Kier alpha value is -2.38. The fraction of sp³-hybridized carbons (Fsp3) is 0.458. The summed E-state index contributed by atoms with van der Waals surface area (Å²) in [6.07, 6.45) is 1.42. The van der Waals surface area contributed by atoms with Crippen molar-refractivity contribution in [3.8, 4) is 5.75 Å². The number of piperidine rings is 1. The largest absolute Gasteiger partial charge is 0.494 e. The van der Waals surface area contributed by atoms with Gasteiger partial charge < -0.3 is 9.84 Å². The maximum atomic E-state index is 13.2. The van der Waals surface area contributed by atoms with Crippen LogP contribution >= 0.6 is 0 Å². The number of likely N-dealkylation sites (tertiary alicyclic amines) is 1. The minimum atomic E-state index is -3.62. The molecule has 0 bridgehead atoms. The molecule has 0 aromatic heterocycles. The number of nitrogens with zero attached hydrogens (tertiary/aromatic N) is 1. The van der Waals surface area contributed by atoms with E-state index < -0.39 is 27.1 Å². The summed E-state index contributed by atoms with van der Waals surface area (Å²) >= 11 is 0. The molecule has 1 heterocycles. The molecule has 1 N–H and O–H groups in total. The van der Waals surface area contributed by atoms with Gasteiger partial charge in [-0.15, -0.1) is 0 Å². The number of sulfone groups is 1. The van der Waals surface area contributed by atoms with Gasteiger partial charge in [-0.1, -0.05) is 44.2 Å². The van der Waals surface area contributed by atoms with Gasteiger partial charge >= 0.3 is 5.97 Å². The van der Waals surface area contributed by atoms with E-state index in [1.165, 1.54) is 0 Å². The number of benzene rings is 2. The Balaban J connectivity index is 1.68. The van der Waals surface area contributed by atoms with Crippen molar-refractivity contribution in [2.75, 3.05) is 13.2 Å². The molecule has 168 valence electrons. The lowest BCUT2D eigenvalue weighted by Gasteiger charge is -2.36. The van der Waals surface area contributed by atoms with Gasteiger partial charge in [0.05, 0.1) is 16.8 Å². The van der Waals surface area contributed by atoms with Crippen LogP contribution in [0.4, 0.5) is 0 Å². The van der Waals surface area contributed by atoms with Crippen molar-refractivity contribution in [2.24, 2.45) is 5.92 Å². The highest BCUT2D eigenvalue weighted by Gasteiger charge is 2.39. The Morgan fingerprint density at radius 2 is 1.81 bits per heavy atom. The smallest absolute Gasteiger partial charge is 0.320 e. The van der Waals surface area contributed by atoms with Crippen LogP contribution in [0.3, 0.4) is 0 Å². The number of carbonyl (C=O) groups is 1. The fourth-order valence-corrected chi connectivity index (χ4v) is 5.61. The molecule has 1 fully saturated rings. The van der Waals surface area contributed by atoms with Crippen molar-refractivity contribution < 1.29 is 23.1 Å². The highest BCUT2D eigenvalue weighted by atomic mass is 32.2. The van der Waals surface area contributed by atoms with Gasteiger partial charge in [0.1, 0.15) is 11.8 Å². The first kappa shape index (κ1) is 23.3. The van der Waals surface area contributed by atoms with Crippen molar-refractivity contribution in [3.05, 3.63) is 60.2 Å². The van der Waals surface area contributed by atoms with Gasteiger partial charge in [0.2, 0.25) is 0 Å². The number of rotatable bonds is 9. The quantitative estimate of drug-likeness (QED) is 0.628. The minimum absolute atomic E-state index is 0.0805. The average molecular weight is 446 g/mol. The Morgan fingerprint density at radius 3 is 2.42 bits per heavy atom. The van der Waals surface area contributed by atoms with Crippen molar-refractivity contribution in [2.45, 2.75) is 55.8 Å². The first-order valence-corrected chi connectivity index (χ1v) is 12.3. The Bertz CT molecular complexity index is 957. The van der Waals surface area contributed by atoms with Gasteiger partial charge in [0.25, 0.3) is 0 Å². The summed E-state index contributed by atoms with van der Waals surface area (Å²) in [4.78, 5) is 14.0. The molecule has 2 aromatic rings. The topological polar surface area (TPSA) is 83.9 Å². The van der Waals surface area contributed by atoms with E-state index in [1.54, 1.807) is 24.3 Å². The van der Waals surface area contributed by atoms with E-state index in [0.717, 1.165) is 12.0 Å². The highest BCUT2D eigenvalue weighted by molar-refractivity contribution is 7.92. The first-order valence-electron chi connectivity index (χ1n) is 10.7. The Morgan fingerprint density at radius 1 is 1.13 bits per heavy atom. The zero-order chi connectivity index (χ0) is 22.4. The van der Waals surface area contributed by atoms with Crippen LogP contribution in [-0.2, 0) is 21.2 Å². The van der Waals surface area contributed by atoms with Crippen LogP contribution < -0.4 is 4.74 Å². The molecule has 2 unspecified atom stereocenters. The molecule has 1 aliphatic heterocycles. The van der Waals surface area contributed by atoms with Gasteiger partial charge in [-0.05, 0) is 55.0 Å². The maximum Gasteiger partial charge on any atom is 0.320 e. The fourth-order valence-electron chi connectivity index (χ4n) is 3.86. The van der Waals surface area contributed by atoms with Crippen LogP contribution in [0.2, 0.25) is 0 Å². The molecule has 6 nitrogen and oxygen atoms in total. The summed E-state index contributed by atoms with van der Waals surface area (Å²) in [5, 5.41) is 9.03. The first-order chi connectivity index (χ1) is 14.8. The zero-order valence-electron chi connectivity index (χ0n) is 18.1. The maximum absolute atomic E-state index is 13.2. The van der Waals surface area contributed by atoms with Gasteiger partial charge in [0.15, 0.2) is 9.84 Å². The second kappa shape index (κ2) is 10.3. The lowest BCUT2D eigenvalue weighted by Crippen LogP contribution is -2.49. The van der Waals surface area contributed by atoms with E-state index in [1.807, 2.05) is 35.2 Å². The lowest BCUT2D eigenvalue weighted by atomic mass is 10.0. The van der Waals surface area contributed by atoms with Gasteiger partial charge in [-0.2, -0.15) is 0 Å². The normalized spacial score (nSPS) is 20.0. The monoisotopic (exact) mass is 445 g/mol. The third-order valence-corrected chi connectivity index (χ3v) is 7.97. The zero-order valence-corrected chi connectivity index (χ0v) is 18.9. The molecular formula is C24H31NO5S. The molecule has 0 radical (unpaired) electrons. The van der Waals surface area contributed by atoms with Gasteiger partial charge in [-0.25, -0.2) is 8.42 Å². The summed E-state index contributed by atoms with van der Waals surface area (Å²) in [7, 11) is -3.62. The predicted octanol–water partition coefficient (Wildman–Crippen LogP) is 4.00. The number of ether oxygens (including phenoxy) is 1. The molecule has 0 saturated carbocycles. The summed E-state index contributed by atoms with van der Waals surface area (Å²) in [6.45, 7) is 5.74. The van der Waals surface area contributed by atoms with E-state index >= 15 is 0 Å². The molecule has 0 aliphatic carbocycles. The summed E-state index contributed by atoms with van der Waals surface area (Å²) in [5.41, 5.74) is 1.02. The van der Waals surface area contributed by atoms with Crippen LogP contribution in [0.25, 0.3) is 0 Å².